The van der Waals surface area contributed by atoms with E-state index in [-0.39, 0.29) is 17.8 Å². The number of carbonyl (C=O) groups is 1. The largest absolute Gasteiger partial charge is 0.368 e. The molecule has 0 spiro atoms. The van der Waals surface area contributed by atoms with Crippen molar-refractivity contribution in [3.63, 3.8) is 0 Å². The van der Waals surface area contributed by atoms with Gasteiger partial charge in [0.05, 0.1) is 16.9 Å². The summed E-state index contributed by atoms with van der Waals surface area (Å²) in [5, 5.41) is 15.4. The van der Waals surface area contributed by atoms with Crippen molar-refractivity contribution in [2.75, 3.05) is 49.6 Å². The first kappa shape index (κ1) is 27.2. The smallest absolute Gasteiger partial charge is 0.251 e. The number of halogens is 1. The van der Waals surface area contributed by atoms with Crippen molar-refractivity contribution in [3.8, 4) is 17.3 Å². The lowest BCUT2D eigenvalue weighted by Gasteiger charge is -2.37. The van der Waals surface area contributed by atoms with Crippen molar-refractivity contribution in [1.82, 2.24) is 19.5 Å². The lowest BCUT2D eigenvalue weighted by molar-refractivity contribution is -0.141. The van der Waals surface area contributed by atoms with Crippen LogP contribution in [-0.4, -0.2) is 71.3 Å². The van der Waals surface area contributed by atoms with Crippen LogP contribution in [0.15, 0.2) is 36.4 Å². The molecule has 9 nitrogen and oxygen atoms in total. The molecule has 3 aromatic heterocycles. The summed E-state index contributed by atoms with van der Waals surface area (Å²) in [6.45, 7) is 7.61. The molecule has 5 heterocycles. The second-order valence-electron chi connectivity index (χ2n) is 10.5. The zero-order valence-electron chi connectivity index (χ0n) is 23.4. The SMILES string of the molecule is CCc1nn2c(C)cc(N3CCN(C(=O)C4CCCO4)CC3)cc2c1N(C)c1nc(-c2ccc(F)cc2)c(C#N)s1. The Morgan fingerprint density at radius 1 is 1.22 bits per heavy atom. The zero-order valence-corrected chi connectivity index (χ0v) is 24.2. The van der Waals surface area contributed by atoms with Gasteiger partial charge in [-0.15, -0.1) is 0 Å². The Bertz CT molecular complexity index is 1630. The summed E-state index contributed by atoms with van der Waals surface area (Å²) in [7, 11) is 1.95. The van der Waals surface area contributed by atoms with Crippen LogP contribution in [0.4, 0.5) is 20.9 Å². The lowest BCUT2D eigenvalue weighted by Crippen LogP contribution is -2.51. The third-order valence-corrected chi connectivity index (χ3v) is 8.93. The van der Waals surface area contributed by atoms with Crippen molar-refractivity contribution in [3.05, 3.63) is 58.5 Å². The first-order valence-electron chi connectivity index (χ1n) is 14.0. The number of aryl methyl sites for hydroxylation is 2. The van der Waals surface area contributed by atoms with Gasteiger partial charge in [0.1, 0.15) is 28.6 Å². The van der Waals surface area contributed by atoms with Gasteiger partial charge in [0.25, 0.3) is 5.91 Å². The highest BCUT2D eigenvalue weighted by Gasteiger charge is 2.31. The number of nitriles is 1. The molecular weight excluding hydrogens is 541 g/mol. The number of benzene rings is 1. The van der Waals surface area contributed by atoms with Gasteiger partial charge >= 0.3 is 0 Å². The maximum absolute atomic E-state index is 13.5. The number of anilines is 3. The molecule has 11 heteroatoms. The highest BCUT2D eigenvalue weighted by Crippen LogP contribution is 2.39. The van der Waals surface area contributed by atoms with Gasteiger partial charge in [-0.05, 0) is 62.6 Å². The maximum atomic E-state index is 13.5. The zero-order chi connectivity index (χ0) is 28.7. The number of thiazole rings is 1. The Balaban J connectivity index is 1.31. The molecule has 6 rings (SSSR count). The number of hydrogen-bond donors (Lipinski definition) is 0. The fraction of sp³-hybridized carbons (Fsp3) is 0.400. The fourth-order valence-corrected chi connectivity index (χ4v) is 6.55. The predicted octanol–water partition coefficient (Wildman–Crippen LogP) is 4.93. The average molecular weight is 574 g/mol. The van der Waals surface area contributed by atoms with E-state index >= 15 is 0 Å². The van der Waals surface area contributed by atoms with Gasteiger partial charge in [-0.25, -0.2) is 13.9 Å². The minimum atomic E-state index is -0.333. The number of fused-ring (bicyclic) bond motifs is 1. The van der Waals surface area contributed by atoms with E-state index in [1.165, 1.54) is 23.5 Å². The van der Waals surface area contributed by atoms with Crippen LogP contribution < -0.4 is 9.80 Å². The molecule has 1 aromatic carbocycles. The van der Waals surface area contributed by atoms with Crippen molar-refractivity contribution in [1.29, 1.82) is 5.26 Å². The minimum Gasteiger partial charge on any atom is -0.368 e. The maximum Gasteiger partial charge on any atom is 0.251 e. The number of pyridine rings is 1. The Labute approximate surface area is 242 Å². The van der Waals surface area contributed by atoms with Gasteiger partial charge in [0.2, 0.25) is 0 Å². The fourth-order valence-electron chi connectivity index (χ4n) is 5.70. The van der Waals surface area contributed by atoms with E-state index in [1.807, 2.05) is 28.3 Å². The molecule has 212 valence electrons. The number of rotatable bonds is 6. The van der Waals surface area contributed by atoms with Gasteiger partial charge < -0.3 is 19.4 Å². The molecule has 2 fully saturated rings. The molecule has 0 saturated carbocycles. The topological polar surface area (TPSA) is 90.0 Å². The number of nitrogens with zero attached hydrogens (tertiary/aromatic N) is 7. The highest BCUT2D eigenvalue weighted by atomic mass is 32.1. The van der Waals surface area contributed by atoms with Gasteiger partial charge in [-0.3, -0.25) is 4.79 Å². The number of piperazine rings is 1. The Hall–Kier alpha value is -4.01. The third-order valence-electron chi connectivity index (χ3n) is 7.89. The molecule has 1 amide bonds. The van der Waals surface area contributed by atoms with E-state index in [2.05, 4.69) is 30.0 Å². The molecule has 0 aliphatic carbocycles. The summed E-state index contributed by atoms with van der Waals surface area (Å²) < 4.78 is 21.1. The van der Waals surface area contributed by atoms with E-state index in [9.17, 15) is 14.4 Å². The third kappa shape index (κ3) is 5.02. The van der Waals surface area contributed by atoms with Crippen molar-refractivity contribution < 1.29 is 13.9 Å². The lowest BCUT2D eigenvalue weighted by atomic mass is 10.1. The molecule has 1 unspecified atom stereocenters. The van der Waals surface area contributed by atoms with Crippen LogP contribution in [0.2, 0.25) is 0 Å². The van der Waals surface area contributed by atoms with Crippen LogP contribution >= 0.6 is 11.3 Å². The molecule has 2 aliphatic heterocycles. The predicted molar refractivity (Wildman–Crippen MR) is 157 cm³/mol. The Kier molecular flexibility index (Phi) is 7.36. The summed E-state index contributed by atoms with van der Waals surface area (Å²) in [6, 6.07) is 12.6. The van der Waals surface area contributed by atoms with E-state index in [1.54, 1.807) is 12.1 Å². The van der Waals surface area contributed by atoms with Crippen molar-refractivity contribution >= 4 is 39.3 Å². The molecular formula is C30H32FN7O2S. The van der Waals surface area contributed by atoms with Crippen LogP contribution in [0.3, 0.4) is 0 Å². The number of hydrogen-bond acceptors (Lipinski definition) is 8. The Morgan fingerprint density at radius 2 is 1.98 bits per heavy atom. The Morgan fingerprint density at radius 3 is 2.63 bits per heavy atom. The normalized spacial score (nSPS) is 17.3. The monoisotopic (exact) mass is 573 g/mol. The van der Waals surface area contributed by atoms with Crippen LogP contribution in [0.5, 0.6) is 0 Å². The molecule has 1 atom stereocenters. The molecule has 0 bridgehead atoms. The summed E-state index contributed by atoms with van der Waals surface area (Å²) >= 11 is 1.31. The van der Waals surface area contributed by atoms with Crippen molar-refractivity contribution in [2.24, 2.45) is 0 Å². The molecule has 41 heavy (non-hydrogen) atoms. The number of ether oxygens (including phenoxy) is 1. The standard InChI is InChI=1S/C30H32FN7O2S/c1-4-23-28(35(3)30-33-27(26(18-32)41-30)20-7-9-21(31)10-8-20)24-17-22(16-19(2)38(24)34-23)36-11-13-37(14-12-36)29(39)25-6-5-15-40-25/h7-10,16-17,25H,4-6,11-15H2,1-3H3. The van der Waals surface area contributed by atoms with E-state index < -0.39 is 0 Å². The summed E-state index contributed by atoms with van der Waals surface area (Å²) in [4.78, 5) is 24.4. The number of amides is 1. The van der Waals surface area contributed by atoms with Crippen LogP contribution in [0.25, 0.3) is 16.8 Å². The van der Waals surface area contributed by atoms with E-state index in [4.69, 9.17) is 14.8 Å². The van der Waals surface area contributed by atoms with Crippen LogP contribution in [-0.2, 0) is 16.0 Å². The first-order chi connectivity index (χ1) is 19.9. The van der Waals surface area contributed by atoms with E-state index in [0.29, 0.717) is 41.0 Å². The van der Waals surface area contributed by atoms with Gasteiger partial charge in [0.15, 0.2) is 5.13 Å². The average Bonchev–Trinajstić information content (AvgIpc) is 3.76. The van der Waals surface area contributed by atoms with Gasteiger partial charge in [-0.2, -0.15) is 10.4 Å². The molecule has 2 aliphatic rings. The quantitative estimate of drug-likeness (QED) is 0.323. The second-order valence-corrected chi connectivity index (χ2v) is 11.4. The van der Waals surface area contributed by atoms with Crippen LogP contribution in [0.1, 0.15) is 36.0 Å². The molecule has 0 radical (unpaired) electrons. The van der Waals surface area contributed by atoms with E-state index in [0.717, 1.165) is 60.6 Å². The minimum absolute atomic E-state index is 0.112. The highest BCUT2D eigenvalue weighted by molar-refractivity contribution is 7.16. The summed E-state index contributed by atoms with van der Waals surface area (Å²) in [6.07, 6.45) is 2.20. The number of carbonyl (C=O) groups excluding carboxylic acids is 1. The summed E-state index contributed by atoms with van der Waals surface area (Å²) in [5.74, 6) is -0.220. The van der Waals surface area contributed by atoms with Crippen molar-refractivity contribution in [2.45, 2.75) is 39.2 Å². The summed E-state index contributed by atoms with van der Waals surface area (Å²) in [5.41, 5.74) is 6.15. The van der Waals surface area contributed by atoms with Crippen LogP contribution in [0, 0.1) is 24.1 Å². The molecule has 2 saturated heterocycles. The number of aromatic nitrogens is 3. The first-order valence-corrected chi connectivity index (χ1v) is 14.8. The second kappa shape index (κ2) is 11.1. The molecule has 0 N–H and O–H groups in total. The van der Waals surface area contributed by atoms with Gasteiger partial charge in [-0.1, -0.05) is 18.3 Å². The van der Waals surface area contributed by atoms with Gasteiger partial charge in [0, 0.05) is 56.8 Å². The molecule has 4 aromatic rings.